The lowest BCUT2D eigenvalue weighted by atomic mass is 9.94. The average Bonchev–Trinajstić information content (AvgIpc) is 3.51. The summed E-state index contributed by atoms with van der Waals surface area (Å²) >= 11 is 0. The molecule has 1 saturated carbocycles. The third-order valence-electron chi connectivity index (χ3n) is 6.86. The minimum Gasteiger partial charge on any atom is -0.339 e. The monoisotopic (exact) mass is 448 g/mol. The Morgan fingerprint density at radius 1 is 1.03 bits per heavy atom. The second-order valence-corrected chi connectivity index (χ2v) is 9.20. The van der Waals surface area contributed by atoms with Crippen LogP contribution in [0.5, 0.6) is 0 Å². The van der Waals surface area contributed by atoms with Crippen LogP contribution in [0.2, 0.25) is 0 Å². The molecule has 0 radical (unpaired) electrons. The predicted molar refractivity (Wildman–Crippen MR) is 123 cm³/mol. The molecule has 5 rings (SSSR count). The van der Waals surface area contributed by atoms with E-state index < -0.39 is 5.41 Å². The van der Waals surface area contributed by atoms with Gasteiger partial charge in [0.05, 0.1) is 5.41 Å². The summed E-state index contributed by atoms with van der Waals surface area (Å²) in [6, 6.07) is 14.5. The Morgan fingerprint density at radius 3 is 2.39 bits per heavy atom. The first-order chi connectivity index (χ1) is 16.0. The van der Waals surface area contributed by atoms with E-state index in [1.807, 2.05) is 29.2 Å². The summed E-state index contributed by atoms with van der Waals surface area (Å²) in [7, 11) is 0. The van der Waals surface area contributed by atoms with Crippen LogP contribution in [-0.2, 0) is 16.6 Å². The highest BCUT2D eigenvalue weighted by Crippen LogP contribution is 2.49. The SMILES string of the molecule is Cc1ccc(-c2noc(CCCN3CCN(C(=O)C4(c5ccc(F)cc5)CC4)CC3)n2)cc1. The van der Waals surface area contributed by atoms with Gasteiger partial charge in [0, 0.05) is 38.2 Å². The molecule has 1 amide bonds. The van der Waals surface area contributed by atoms with Crippen molar-refractivity contribution in [3.8, 4) is 11.4 Å². The number of halogens is 1. The first kappa shape index (κ1) is 21.8. The van der Waals surface area contributed by atoms with Gasteiger partial charge in [-0.25, -0.2) is 4.39 Å². The van der Waals surface area contributed by atoms with Crippen molar-refractivity contribution in [3.05, 3.63) is 71.4 Å². The van der Waals surface area contributed by atoms with Crippen molar-refractivity contribution in [1.82, 2.24) is 19.9 Å². The molecule has 0 unspecified atom stereocenters. The molecule has 0 atom stereocenters. The number of rotatable bonds is 7. The minimum atomic E-state index is -0.428. The third kappa shape index (κ3) is 4.69. The number of amides is 1. The maximum Gasteiger partial charge on any atom is 0.233 e. The molecule has 2 aromatic carbocycles. The number of aryl methyl sites for hydroxylation is 2. The quantitative estimate of drug-likeness (QED) is 0.547. The van der Waals surface area contributed by atoms with Gasteiger partial charge in [0.1, 0.15) is 5.82 Å². The fraction of sp³-hybridized carbons (Fsp3) is 0.423. The van der Waals surface area contributed by atoms with Crippen molar-refractivity contribution in [2.45, 2.75) is 38.0 Å². The summed E-state index contributed by atoms with van der Waals surface area (Å²) < 4.78 is 18.7. The van der Waals surface area contributed by atoms with Gasteiger partial charge in [-0.1, -0.05) is 47.1 Å². The third-order valence-corrected chi connectivity index (χ3v) is 6.86. The Balaban J connectivity index is 1.08. The number of piperazine rings is 1. The summed E-state index contributed by atoms with van der Waals surface area (Å²) in [6.07, 6.45) is 3.38. The number of nitrogens with zero attached hydrogens (tertiary/aromatic N) is 4. The lowest BCUT2D eigenvalue weighted by Crippen LogP contribution is -2.51. The van der Waals surface area contributed by atoms with E-state index in [2.05, 4.69) is 22.0 Å². The van der Waals surface area contributed by atoms with Crippen molar-refractivity contribution in [2.24, 2.45) is 0 Å². The van der Waals surface area contributed by atoms with E-state index in [9.17, 15) is 9.18 Å². The zero-order valence-electron chi connectivity index (χ0n) is 19.0. The highest BCUT2D eigenvalue weighted by atomic mass is 19.1. The van der Waals surface area contributed by atoms with E-state index in [0.717, 1.165) is 69.5 Å². The van der Waals surface area contributed by atoms with E-state index in [4.69, 9.17) is 4.52 Å². The maximum absolute atomic E-state index is 13.3. The Morgan fingerprint density at radius 2 is 1.73 bits per heavy atom. The molecule has 6 nitrogen and oxygen atoms in total. The van der Waals surface area contributed by atoms with E-state index in [1.165, 1.54) is 17.7 Å². The summed E-state index contributed by atoms with van der Waals surface area (Å²) in [5, 5.41) is 4.10. The number of benzene rings is 2. The van der Waals surface area contributed by atoms with Crippen molar-refractivity contribution in [3.63, 3.8) is 0 Å². The van der Waals surface area contributed by atoms with Gasteiger partial charge in [0.25, 0.3) is 0 Å². The van der Waals surface area contributed by atoms with Crippen LogP contribution < -0.4 is 0 Å². The summed E-state index contributed by atoms with van der Waals surface area (Å²) in [6.45, 7) is 6.19. The molecule has 1 saturated heterocycles. The van der Waals surface area contributed by atoms with Crippen LogP contribution >= 0.6 is 0 Å². The van der Waals surface area contributed by atoms with Crippen LogP contribution in [0.4, 0.5) is 4.39 Å². The largest absolute Gasteiger partial charge is 0.339 e. The molecular formula is C26H29FN4O2. The number of hydrogen-bond acceptors (Lipinski definition) is 5. The number of carbonyl (C=O) groups is 1. The second-order valence-electron chi connectivity index (χ2n) is 9.20. The Kier molecular flexibility index (Phi) is 5.98. The van der Waals surface area contributed by atoms with Crippen LogP contribution in [0.25, 0.3) is 11.4 Å². The molecule has 0 spiro atoms. The van der Waals surface area contributed by atoms with Gasteiger partial charge in [-0.2, -0.15) is 4.98 Å². The molecule has 1 aliphatic carbocycles. The summed E-state index contributed by atoms with van der Waals surface area (Å²) in [5.74, 6) is 1.23. The topological polar surface area (TPSA) is 62.5 Å². The molecule has 7 heteroatoms. The van der Waals surface area contributed by atoms with Gasteiger partial charge in [0.15, 0.2) is 0 Å². The molecule has 2 aliphatic rings. The second kappa shape index (κ2) is 9.06. The predicted octanol–water partition coefficient (Wildman–Crippen LogP) is 3.99. The first-order valence-corrected chi connectivity index (χ1v) is 11.7. The number of carbonyl (C=O) groups excluding carboxylic acids is 1. The minimum absolute atomic E-state index is 0.197. The van der Waals surface area contributed by atoms with Gasteiger partial charge in [0.2, 0.25) is 17.6 Å². The van der Waals surface area contributed by atoms with Crippen LogP contribution in [0.1, 0.15) is 36.3 Å². The molecule has 2 fully saturated rings. The first-order valence-electron chi connectivity index (χ1n) is 11.7. The molecule has 1 aromatic heterocycles. The average molecular weight is 449 g/mol. The Hall–Kier alpha value is -3.06. The molecule has 0 bridgehead atoms. The van der Waals surface area contributed by atoms with Crippen molar-refractivity contribution in [2.75, 3.05) is 32.7 Å². The Bertz CT molecular complexity index is 1100. The number of aromatic nitrogens is 2. The van der Waals surface area contributed by atoms with Crippen molar-refractivity contribution < 1.29 is 13.7 Å². The fourth-order valence-corrected chi connectivity index (χ4v) is 4.63. The fourth-order valence-electron chi connectivity index (χ4n) is 4.63. The highest BCUT2D eigenvalue weighted by molar-refractivity contribution is 5.91. The smallest absolute Gasteiger partial charge is 0.233 e. The van der Waals surface area contributed by atoms with E-state index in [0.29, 0.717) is 11.7 Å². The lowest BCUT2D eigenvalue weighted by molar-refractivity contribution is -0.135. The van der Waals surface area contributed by atoms with Crippen molar-refractivity contribution in [1.29, 1.82) is 0 Å². The highest BCUT2D eigenvalue weighted by Gasteiger charge is 2.53. The molecule has 2 heterocycles. The van der Waals surface area contributed by atoms with E-state index >= 15 is 0 Å². The molecule has 1 aliphatic heterocycles. The van der Waals surface area contributed by atoms with Gasteiger partial charge in [-0.3, -0.25) is 9.69 Å². The molecule has 33 heavy (non-hydrogen) atoms. The van der Waals surface area contributed by atoms with Gasteiger partial charge >= 0.3 is 0 Å². The van der Waals surface area contributed by atoms with Crippen LogP contribution in [0.3, 0.4) is 0 Å². The van der Waals surface area contributed by atoms with Gasteiger partial charge in [-0.05, 0) is 50.4 Å². The van der Waals surface area contributed by atoms with E-state index in [-0.39, 0.29) is 11.7 Å². The molecular weight excluding hydrogens is 419 g/mol. The van der Waals surface area contributed by atoms with Crippen LogP contribution in [0.15, 0.2) is 53.1 Å². The maximum atomic E-state index is 13.3. The zero-order chi connectivity index (χ0) is 22.8. The normalized spacial score (nSPS) is 17.8. The molecule has 172 valence electrons. The van der Waals surface area contributed by atoms with Gasteiger partial charge < -0.3 is 9.42 Å². The van der Waals surface area contributed by atoms with E-state index in [1.54, 1.807) is 12.1 Å². The summed E-state index contributed by atoms with van der Waals surface area (Å²) in [4.78, 5) is 22.1. The number of hydrogen-bond donors (Lipinski definition) is 0. The zero-order valence-corrected chi connectivity index (χ0v) is 19.0. The van der Waals surface area contributed by atoms with Crippen LogP contribution in [0, 0.1) is 12.7 Å². The van der Waals surface area contributed by atoms with Gasteiger partial charge in [-0.15, -0.1) is 0 Å². The van der Waals surface area contributed by atoms with Crippen LogP contribution in [-0.4, -0.2) is 58.6 Å². The standard InChI is InChI=1S/C26H29FN4O2/c1-19-4-6-20(7-5-19)24-28-23(33-29-24)3-2-14-30-15-17-31(18-16-30)25(32)26(12-13-26)21-8-10-22(27)11-9-21/h4-11H,2-3,12-18H2,1H3. The Labute approximate surface area is 193 Å². The molecule has 3 aromatic rings. The molecule has 0 N–H and O–H groups in total. The lowest BCUT2D eigenvalue weighted by Gasteiger charge is -2.36. The summed E-state index contributed by atoms with van der Waals surface area (Å²) in [5.41, 5.74) is 2.68. The van der Waals surface area contributed by atoms with Crippen molar-refractivity contribution >= 4 is 5.91 Å².